The monoisotopic (exact) mass is 385 g/mol. The highest BCUT2D eigenvalue weighted by atomic mass is 32.2. The maximum atomic E-state index is 12.6. The van der Waals surface area contributed by atoms with E-state index in [1.807, 2.05) is 0 Å². The van der Waals surface area contributed by atoms with E-state index in [-0.39, 0.29) is 34.3 Å². The minimum Gasteiger partial charge on any atom is -0.379 e. The van der Waals surface area contributed by atoms with Crippen molar-refractivity contribution >= 4 is 27.6 Å². The smallest absolute Gasteiger partial charge is 0.339 e. The summed E-state index contributed by atoms with van der Waals surface area (Å²) < 4.78 is 29.7. The second-order valence-corrected chi connectivity index (χ2v) is 8.40. The summed E-state index contributed by atoms with van der Waals surface area (Å²) in [6.45, 7) is 0. The van der Waals surface area contributed by atoms with Crippen molar-refractivity contribution in [3.63, 3.8) is 0 Å². The number of anilines is 1. The predicted molar refractivity (Wildman–Crippen MR) is 98.6 cm³/mol. The first kappa shape index (κ1) is 17.7. The van der Waals surface area contributed by atoms with Crippen LogP contribution in [0, 0.1) is 11.8 Å². The Morgan fingerprint density at radius 2 is 1.37 bits per heavy atom. The number of fused-ring (bicyclic) bond motifs is 1. The molecule has 4 rings (SSSR count). The first-order valence-electron chi connectivity index (χ1n) is 8.95. The molecule has 6 nitrogen and oxygen atoms in total. The SMILES string of the molecule is O=C1C2CCCCC2C(=O)N1c1ccc(OS(=O)(=O)c2ccccc2)cc1. The Bertz CT molecular complexity index is 945. The van der Waals surface area contributed by atoms with Gasteiger partial charge >= 0.3 is 10.1 Å². The normalized spacial score (nSPS) is 22.6. The summed E-state index contributed by atoms with van der Waals surface area (Å²) in [5, 5.41) is 0. The highest BCUT2D eigenvalue weighted by molar-refractivity contribution is 7.87. The highest BCUT2D eigenvalue weighted by Gasteiger charge is 2.48. The number of benzene rings is 2. The lowest BCUT2D eigenvalue weighted by Crippen LogP contribution is -2.30. The van der Waals surface area contributed by atoms with Gasteiger partial charge in [0.2, 0.25) is 11.8 Å². The van der Waals surface area contributed by atoms with E-state index in [2.05, 4.69) is 0 Å². The Labute approximate surface area is 157 Å². The molecule has 2 aromatic carbocycles. The van der Waals surface area contributed by atoms with Gasteiger partial charge in [-0.05, 0) is 49.2 Å². The average Bonchev–Trinajstić information content (AvgIpc) is 2.94. The highest BCUT2D eigenvalue weighted by Crippen LogP contribution is 2.40. The molecule has 1 saturated heterocycles. The van der Waals surface area contributed by atoms with Crippen molar-refractivity contribution in [3.8, 4) is 5.75 Å². The maximum Gasteiger partial charge on any atom is 0.339 e. The molecule has 7 heteroatoms. The summed E-state index contributed by atoms with van der Waals surface area (Å²) in [5.41, 5.74) is 0.448. The van der Waals surface area contributed by atoms with Gasteiger partial charge in [0.05, 0.1) is 17.5 Å². The van der Waals surface area contributed by atoms with Crippen LogP contribution in [-0.4, -0.2) is 20.2 Å². The van der Waals surface area contributed by atoms with Crippen LogP contribution in [0.2, 0.25) is 0 Å². The van der Waals surface area contributed by atoms with Crippen LogP contribution in [0.3, 0.4) is 0 Å². The predicted octanol–water partition coefficient (Wildman–Crippen LogP) is 3.13. The third kappa shape index (κ3) is 3.23. The molecule has 1 aliphatic carbocycles. The third-order valence-corrected chi connectivity index (χ3v) is 6.44. The molecule has 27 heavy (non-hydrogen) atoms. The molecule has 1 heterocycles. The zero-order chi connectivity index (χ0) is 19.0. The van der Waals surface area contributed by atoms with Crippen molar-refractivity contribution in [2.24, 2.45) is 11.8 Å². The van der Waals surface area contributed by atoms with Gasteiger partial charge in [0.25, 0.3) is 0 Å². The van der Waals surface area contributed by atoms with E-state index in [4.69, 9.17) is 4.18 Å². The molecule has 2 aromatic rings. The number of carbonyl (C=O) groups excluding carboxylic acids is 2. The molecule has 2 amide bonds. The van der Waals surface area contributed by atoms with E-state index >= 15 is 0 Å². The molecule has 2 unspecified atom stereocenters. The molecule has 0 radical (unpaired) electrons. The van der Waals surface area contributed by atoms with Crippen molar-refractivity contribution < 1.29 is 22.2 Å². The lowest BCUT2D eigenvalue weighted by molar-refractivity contribution is -0.122. The number of hydrogen-bond donors (Lipinski definition) is 0. The molecule has 0 aromatic heterocycles. The van der Waals surface area contributed by atoms with Crippen LogP contribution in [0.1, 0.15) is 25.7 Å². The Hall–Kier alpha value is -2.67. The fourth-order valence-electron chi connectivity index (χ4n) is 3.83. The molecule has 2 atom stereocenters. The summed E-state index contributed by atoms with van der Waals surface area (Å²) >= 11 is 0. The molecular weight excluding hydrogens is 366 g/mol. The fraction of sp³-hybridized carbons (Fsp3) is 0.300. The Morgan fingerprint density at radius 1 is 0.815 bits per heavy atom. The second kappa shape index (κ2) is 6.81. The molecule has 0 N–H and O–H groups in total. The largest absolute Gasteiger partial charge is 0.379 e. The zero-order valence-electron chi connectivity index (χ0n) is 14.6. The molecule has 2 aliphatic rings. The number of imide groups is 1. The third-order valence-electron chi connectivity index (χ3n) is 5.17. The van der Waals surface area contributed by atoms with Crippen LogP contribution in [0.4, 0.5) is 5.69 Å². The van der Waals surface area contributed by atoms with Gasteiger partial charge in [-0.3, -0.25) is 14.5 Å². The Kier molecular flexibility index (Phi) is 4.47. The van der Waals surface area contributed by atoms with Gasteiger partial charge in [-0.1, -0.05) is 31.0 Å². The van der Waals surface area contributed by atoms with Gasteiger partial charge < -0.3 is 4.18 Å². The molecule has 140 valence electrons. The standard InChI is InChI=1S/C20H19NO5S/c22-19-17-8-4-5-9-18(17)20(23)21(19)14-10-12-15(13-11-14)26-27(24,25)16-6-2-1-3-7-16/h1-3,6-7,10-13,17-18H,4-5,8-9H2. The minimum absolute atomic E-state index is 0.0584. The van der Waals surface area contributed by atoms with Gasteiger partial charge in [-0.2, -0.15) is 8.42 Å². The number of rotatable bonds is 4. The van der Waals surface area contributed by atoms with Crippen LogP contribution < -0.4 is 9.08 Å². The molecule has 1 saturated carbocycles. The van der Waals surface area contributed by atoms with E-state index < -0.39 is 10.1 Å². The topological polar surface area (TPSA) is 80.8 Å². The lowest BCUT2D eigenvalue weighted by atomic mass is 9.81. The summed E-state index contributed by atoms with van der Waals surface area (Å²) in [6, 6.07) is 13.9. The van der Waals surface area contributed by atoms with Crippen molar-refractivity contribution in [2.75, 3.05) is 4.90 Å². The molecular formula is C20H19NO5S. The molecule has 0 bridgehead atoms. The van der Waals surface area contributed by atoms with Crippen LogP contribution in [0.5, 0.6) is 5.75 Å². The van der Waals surface area contributed by atoms with Gasteiger partial charge in [0.1, 0.15) is 10.6 Å². The summed E-state index contributed by atoms with van der Waals surface area (Å²) in [5.74, 6) is -0.633. The summed E-state index contributed by atoms with van der Waals surface area (Å²) in [4.78, 5) is 26.5. The fourth-order valence-corrected chi connectivity index (χ4v) is 4.78. The first-order chi connectivity index (χ1) is 13.0. The molecule has 1 aliphatic heterocycles. The van der Waals surface area contributed by atoms with E-state index in [1.165, 1.54) is 29.2 Å². The minimum atomic E-state index is -3.93. The van der Waals surface area contributed by atoms with Crippen LogP contribution in [-0.2, 0) is 19.7 Å². The van der Waals surface area contributed by atoms with Gasteiger partial charge in [-0.15, -0.1) is 0 Å². The Morgan fingerprint density at radius 3 is 1.93 bits per heavy atom. The maximum absolute atomic E-state index is 12.6. The summed E-state index contributed by atoms with van der Waals surface area (Å²) in [7, 11) is -3.93. The van der Waals surface area contributed by atoms with Crippen molar-refractivity contribution in [1.82, 2.24) is 0 Å². The molecule has 0 spiro atoms. The van der Waals surface area contributed by atoms with Crippen LogP contribution in [0.15, 0.2) is 59.5 Å². The van der Waals surface area contributed by atoms with Gasteiger partial charge in [0, 0.05) is 0 Å². The van der Waals surface area contributed by atoms with Crippen molar-refractivity contribution in [3.05, 3.63) is 54.6 Å². The van der Waals surface area contributed by atoms with Crippen LogP contribution in [0.25, 0.3) is 0 Å². The summed E-state index contributed by atoms with van der Waals surface area (Å²) in [6.07, 6.45) is 3.45. The van der Waals surface area contributed by atoms with E-state index in [9.17, 15) is 18.0 Å². The number of carbonyl (C=O) groups is 2. The number of hydrogen-bond acceptors (Lipinski definition) is 5. The van der Waals surface area contributed by atoms with Crippen LogP contribution >= 0.6 is 0 Å². The second-order valence-electron chi connectivity index (χ2n) is 6.85. The van der Waals surface area contributed by atoms with E-state index in [0.29, 0.717) is 5.69 Å². The Balaban J connectivity index is 1.54. The molecule has 2 fully saturated rings. The van der Waals surface area contributed by atoms with Gasteiger partial charge in [-0.25, -0.2) is 0 Å². The first-order valence-corrected chi connectivity index (χ1v) is 10.4. The number of amides is 2. The zero-order valence-corrected chi connectivity index (χ0v) is 15.4. The van der Waals surface area contributed by atoms with Gasteiger partial charge in [0.15, 0.2) is 0 Å². The number of nitrogens with zero attached hydrogens (tertiary/aromatic N) is 1. The van der Waals surface area contributed by atoms with E-state index in [1.54, 1.807) is 30.3 Å². The lowest BCUT2D eigenvalue weighted by Gasteiger charge is -2.19. The van der Waals surface area contributed by atoms with Crippen molar-refractivity contribution in [2.45, 2.75) is 30.6 Å². The average molecular weight is 385 g/mol. The van der Waals surface area contributed by atoms with E-state index in [0.717, 1.165) is 25.7 Å². The van der Waals surface area contributed by atoms with Crippen molar-refractivity contribution in [1.29, 1.82) is 0 Å². The quantitative estimate of drug-likeness (QED) is 0.597.